The van der Waals surface area contributed by atoms with Crippen LogP contribution in [-0.2, 0) is 9.59 Å². The van der Waals surface area contributed by atoms with E-state index in [1.54, 1.807) is 12.3 Å². The molecule has 5 nitrogen and oxygen atoms in total. The smallest absolute Gasteiger partial charge is 0.252 e. The maximum Gasteiger partial charge on any atom is 0.252 e. The van der Waals surface area contributed by atoms with E-state index in [-0.39, 0.29) is 12.5 Å². The molecule has 0 saturated carbocycles. The monoisotopic (exact) mass is 233 g/mol. The number of aldehydes is 1. The standard InChI is InChI=1S/C12H15N3O2/c1-4-11(17)15(8-9-16)12-10(14(2)3)6-5-7-13-12/h4-7,9H,1,8H2,2-3H3. The highest BCUT2D eigenvalue weighted by molar-refractivity contribution is 6.04. The molecule has 1 rings (SSSR count). The van der Waals surface area contributed by atoms with Gasteiger partial charge in [-0.25, -0.2) is 4.98 Å². The first-order chi connectivity index (χ1) is 8.11. The van der Waals surface area contributed by atoms with Crippen LogP contribution in [-0.4, -0.2) is 37.8 Å². The van der Waals surface area contributed by atoms with Gasteiger partial charge in [0, 0.05) is 20.3 Å². The summed E-state index contributed by atoms with van der Waals surface area (Å²) in [5.74, 6) is 0.105. The van der Waals surface area contributed by atoms with Crippen LogP contribution in [0, 0.1) is 0 Å². The van der Waals surface area contributed by atoms with E-state index in [0.717, 1.165) is 11.8 Å². The van der Waals surface area contributed by atoms with Gasteiger partial charge in [-0.1, -0.05) is 6.58 Å². The molecule has 0 saturated heterocycles. The normalized spacial score (nSPS) is 9.53. The van der Waals surface area contributed by atoms with Crippen LogP contribution in [0.5, 0.6) is 0 Å². The van der Waals surface area contributed by atoms with Gasteiger partial charge in [0.2, 0.25) is 0 Å². The Morgan fingerprint density at radius 3 is 2.76 bits per heavy atom. The molecule has 0 bridgehead atoms. The van der Waals surface area contributed by atoms with Gasteiger partial charge in [0.1, 0.15) is 6.29 Å². The molecule has 0 radical (unpaired) electrons. The van der Waals surface area contributed by atoms with Crippen molar-refractivity contribution in [2.75, 3.05) is 30.4 Å². The molecule has 0 unspecified atom stereocenters. The second-order valence-electron chi connectivity index (χ2n) is 3.56. The molecule has 1 aromatic rings. The summed E-state index contributed by atoms with van der Waals surface area (Å²) in [6, 6.07) is 3.60. The van der Waals surface area contributed by atoms with Crippen molar-refractivity contribution in [3.05, 3.63) is 31.0 Å². The Hall–Kier alpha value is -2.17. The third kappa shape index (κ3) is 2.90. The van der Waals surface area contributed by atoms with Crippen molar-refractivity contribution in [2.24, 2.45) is 0 Å². The minimum Gasteiger partial charge on any atom is -0.375 e. The number of rotatable bonds is 5. The molecule has 1 amide bonds. The van der Waals surface area contributed by atoms with Crippen LogP contribution in [0.4, 0.5) is 11.5 Å². The lowest BCUT2D eigenvalue weighted by Crippen LogP contribution is -2.33. The summed E-state index contributed by atoms with van der Waals surface area (Å²) in [6.07, 6.45) is 3.41. The molecule has 90 valence electrons. The second kappa shape index (κ2) is 5.79. The van der Waals surface area contributed by atoms with Crippen molar-refractivity contribution in [3.63, 3.8) is 0 Å². The highest BCUT2D eigenvalue weighted by Gasteiger charge is 2.17. The first-order valence-corrected chi connectivity index (χ1v) is 5.11. The number of nitrogens with zero attached hydrogens (tertiary/aromatic N) is 3. The van der Waals surface area contributed by atoms with Gasteiger partial charge >= 0.3 is 0 Å². The molecule has 0 atom stereocenters. The van der Waals surface area contributed by atoms with Crippen molar-refractivity contribution in [2.45, 2.75) is 0 Å². The molecule has 5 heteroatoms. The molecular weight excluding hydrogens is 218 g/mol. The zero-order chi connectivity index (χ0) is 12.8. The zero-order valence-electron chi connectivity index (χ0n) is 9.96. The number of carbonyl (C=O) groups excluding carboxylic acids is 2. The van der Waals surface area contributed by atoms with Gasteiger partial charge in [-0.2, -0.15) is 0 Å². The highest BCUT2D eigenvalue weighted by Crippen LogP contribution is 2.24. The molecule has 1 heterocycles. The van der Waals surface area contributed by atoms with Crippen LogP contribution in [0.15, 0.2) is 31.0 Å². The summed E-state index contributed by atoms with van der Waals surface area (Å²) >= 11 is 0. The lowest BCUT2D eigenvalue weighted by atomic mass is 10.3. The lowest BCUT2D eigenvalue weighted by molar-refractivity contribution is -0.116. The molecule has 0 spiro atoms. The fourth-order valence-corrected chi connectivity index (χ4v) is 1.41. The molecule has 0 aliphatic rings. The van der Waals surface area contributed by atoms with Gasteiger partial charge in [-0.3, -0.25) is 9.69 Å². The molecule has 0 aliphatic carbocycles. The molecular formula is C12H15N3O2. The number of hydrogen-bond acceptors (Lipinski definition) is 4. The number of carbonyl (C=O) groups is 2. The van der Waals surface area contributed by atoms with Crippen LogP contribution < -0.4 is 9.80 Å². The van der Waals surface area contributed by atoms with E-state index in [1.165, 1.54) is 4.90 Å². The quantitative estimate of drug-likeness (QED) is 0.559. The summed E-state index contributed by atoms with van der Waals surface area (Å²) in [5, 5.41) is 0. The number of amides is 1. The van der Waals surface area contributed by atoms with Crippen molar-refractivity contribution in [1.82, 2.24) is 4.98 Å². The Balaban J connectivity index is 3.21. The maximum atomic E-state index is 11.7. The lowest BCUT2D eigenvalue weighted by Gasteiger charge is -2.23. The van der Waals surface area contributed by atoms with Gasteiger partial charge < -0.3 is 9.69 Å². The minimum atomic E-state index is -0.348. The molecule has 0 aromatic carbocycles. The Morgan fingerprint density at radius 2 is 2.24 bits per heavy atom. The Morgan fingerprint density at radius 1 is 1.53 bits per heavy atom. The molecule has 1 aromatic heterocycles. The average Bonchev–Trinajstić information content (AvgIpc) is 2.35. The first kappa shape index (κ1) is 12.9. The summed E-state index contributed by atoms with van der Waals surface area (Å²) in [4.78, 5) is 29.5. The van der Waals surface area contributed by atoms with Crippen LogP contribution >= 0.6 is 0 Å². The first-order valence-electron chi connectivity index (χ1n) is 5.11. The SMILES string of the molecule is C=CC(=O)N(CC=O)c1ncccc1N(C)C. The number of hydrogen-bond donors (Lipinski definition) is 0. The third-order valence-corrected chi connectivity index (χ3v) is 2.20. The van der Waals surface area contributed by atoms with Gasteiger partial charge in [0.15, 0.2) is 5.82 Å². The fourth-order valence-electron chi connectivity index (χ4n) is 1.41. The molecule has 17 heavy (non-hydrogen) atoms. The predicted octanol–water partition coefficient (Wildman–Crippen LogP) is 0.865. The largest absolute Gasteiger partial charge is 0.375 e. The van der Waals surface area contributed by atoms with Crippen molar-refractivity contribution in [3.8, 4) is 0 Å². The topological polar surface area (TPSA) is 53.5 Å². The van der Waals surface area contributed by atoms with E-state index in [1.807, 2.05) is 25.1 Å². The third-order valence-electron chi connectivity index (χ3n) is 2.20. The number of anilines is 2. The Kier molecular flexibility index (Phi) is 4.39. The van der Waals surface area contributed by atoms with Crippen LogP contribution in [0.25, 0.3) is 0 Å². The highest BCUT2D eigenvalue weighted by atomic mass is 16.2. The van der Waals surface area contributed by atoms with Gasteiger partial charge in [-0.15, -0.1) is 0 Å². The predicted molar refractivity (Wildman–Crippen MR) is 67.2 cm³/mol. The molecule has 0 N–H and O–H groups in total. The average molecular weight is 233 g/mol. The molecule has 0 aliphatic heterocycles. The van der Waals surface area contributed by atoms with Crippen LogP contribution in [0.1, 0.15) is 0 Å². The second-order valence-corrected chi connectivity index (χ2v) is 3.56. The van der Waals surface area contributed by atoms with E-state index in [9.17, 15) is 9.59 Å². The van der Waals surface area contributed by atoms with E-state index in [0.29, 0.717) is 12.1 Å². The zero-order valence-corrected chi connectivity index (χ0v) is 9.96. The summed E-state index contributed by atoms with van der Waals surface area (Å²) in [5.41, 5.74) is 0.768. The summed E-state index contributed by atoms with van der Waals surface area (Å²) in [7, 11) is 3.69. The Labute approximate surface area is 100 Å². The van der Waals surface area contributed by atoms with Crippen LogP contribution in [0.3, 0.4) is 0 Å². The Bertz CT molecular complexity index is 430. The van der Waals surface area contributed by atoms with Gasteiger partial charge in [0.05, 0.1) is 12.2 Å². The van der Waals surface area contributed by atoms with Gasteiger partial charge in [0.25, 0.3) is 5.91 Å². The van der Waals surface area contributed by atoms with Crippen LogP contribution in [0.2, 0.25) is 0 Å². The molecule has 0 fully saturated rings. The van der Waals surface area contributed by atoms with E-state index >= 15 is 0 Å². The van der Waals surface area contributed by atoms with Crippen molar-refractivity contribution in [1.29, 1.82) is 0 Å². The van der Waals surface area contributed by atoms with E-state index in [4.69, 9.17) is 0 Å². The van der Waals surface area contributed by atoms with Gasteiger partial charge in [-0.05, 0) is 18.2 Å². The van der Waals surface area contributed by atoms with E-state index < -0.39 is 0 Å². The van der Waals surface area contributed by atoms with Crippen molar-refractivity contribution < 1.29 is 9.59 Å². The van der Waals surface area contributed by atoms with E-state index in [2.05, 4.69) is 11.6 Å². The van der Waals surface area contributed by atoms with Crippen molar-refractivity contribution >= 4 is 23.7 Å². The maximum absolute atomic E-state index is 11.7. The number of aromatic nitrogens is 1. The minimum absolute atomic E-state index is 0.0390. The number of pyridine rings is 1. The fraction of sp³-hybridized carbons (Fsp3) is 0.250. The summed E-state index contributed by atoms with van der Waals surface area (Å²) < 4.78 is 0. The summed E-state index contributed by atoms with van der Waals surface area (Å²) in [6.45, 7) is 3.38.